The standard InChI is InChI=1S/C6H12O2.2C4H10O.C3H6O/c1-3-4-5-8-6(2)7;1-3-4(2)5;1-2-3-4-5;1-3(2)4/h3-5H2,1-2H3;4-5H,3H2,1-2H3;5H,2-4H2,1H3;1-2H3. The summed E-state index contributed by atoms with van der Waals surface area (Å²) in [5.41, 5.74) is 0. The molecule has 0 bridgehead atoms. The fraction of sp³-hybridized carbons (Fsp3) is 0.882. The molecule has 0 aromatic heterocycles. The van der Waals surface area contributed by atoms with Crippen LogP contribution < -0.4 is 0 Å². The van der Waals surface area contributed by atoms with E-state index in [9.17, 15) is 9.59 Å². The van der Waals surface area contributed by atoms with Crippen molar-refractivity contribution < 1.29 is 24.5 Å². The SMILES string of the molecule is CC(C)=O.CCC(C)O.CCCCO.CCCCOC(C)=O. The molecule has 0 spiro atoms. The first-order valence-electron chi connectivity index (χ1n) is 8.08. The van der Waals surface area contributed by atoms with E-state index in [4.69, 9.17) is 10.2 Å². The van der Waals surface area contributed by atoms with Crippen LogP contribution in [0.3, 0.4) is 0 Å². The Morgan fingerprint density at radius 1 is 1.00 bits per heavy atom. The lowest BCUT2D eigenvalue weighted by Gasteiger charge is -1.96. The van der Waals surface area contributed by atoms with E-state index in [0.717, 1.165) is 32.1 Å². The van der Waals surface area contributed by atoms with E-state index in [1.54, 1.807) is 6.92 Å². The maximum atomic E-state index is 10.1. The summed E-state index contributed by atoms with van der Waals surface area (Å²) in [6.07, 6.45) is 4.83. The minimum Gasteiger partial charge on any atom is -0.466 e. The maximum absolute atomic E-state index is 10.1. The van der Waals surface area contributed by atoms with Gasteiger partial charge in [-0.15, -0.1) is 0 Å². The van der Waals surface area contributed by atoms with Crippen molar-refractivity contribution in [1.29, 1.82) is 0 Å². The van der Waals surface area contributed by atoms with Gasteiger partial charge in [-0.2, -0.15) is 0 Å². The first-order valence-corrected chi connectivity index (χ1v) is 8.08. The highest BCUT2D eigenvalue weighted by Gasteiger charge is 1.88. The molecule has 0 saturated carbocycles. The van der Waals surface area contributed by atoms with Crippen LogP contribution in [0, 0.1) is 0 Å². The monoisotopic (exact) mass is 322 g/mol. The van der Waals surface area contributed by atoms with Gasteiger partial charge in [-0.3, -0.25) is 4.79 Å². The topological polar surface area (TPSA) is 83.8 Å². The number of unbranched alkanes of at least 4 members (excludes halogenated alkanes) is 2. The summed E-state index contributed by atoms with van der Waals surface area (Å²) in [4.78, 5) is 19.5. The summed E-state index contributed by atoms with van der Waals surface area (Å²) in [6.45, 7) is 13.2. The number of aliphatic hydroxyl groups excluding tert-OH is 2. The molecule has 1 atom stereocenters. The molecule has 136 valence electrons. The number of hydrogen-bond acceptors (Lipinski definition) is 5. The number of esters is 1. The number of Topliss-reactive ketones (excluding diaryl/α,β-unsaturated/α-hetero) is 1. The van der Waals surface area contributed by atoms with E-state index in [1.165, 1.54) is 20.8 Å². The van der Waals surface area contributed by atoms with Crippen LogP contribution >= 0.6 is 0 Å². The second kappa shape index (κ2) is 28.3. The zero-order valence-electron chi connectivity index (χ0n) is 15.6. The van der Waals surface area contributed by atoms with Crippen LogP contribution in [-0.2, 0) is 14.3 Å². The van der Waals surface area contributed by atoms with E-state index in [-0.39, 0.29) is 17.9 Å². The van der Waals surface area contributed by atoms with Gasteiger partial charge in [0.2, 0.25) is 0 Å². The zero-order valence-corrected chi connectivity index (χ0v) is 15.6. The lowest BCUT2D eigenvalue weighted by Crippen LogP contribution is -1.99. The Balaban J connectivity index is -0.000000102. The van der Waals surface area contributed by atoms with E-state index in [1.807, 2.05) is 6.92 Å². The van der Waals surface area contributed by atoms with Crippen LogP contribution in [0.2, 0.25) is 0 Å². The smallest absolute Gasteiger partial charge is 0.302 e. The average Bonchev–Trinajstić information content (AvgIpc) is 2.40. The molecule has 0 rings (SSSR count). The highest BCUT2D eigenvalue weighted by atomic mass is 16.5. The molecule has 22 heavy (non-hydrogen) atoms. The van der Waals surface area contributed by atoms with E-state index in [0.29, 0.717) is 13.2 Å². The molecule has 0 radical (unpaired) electrons. The summed E-state index contributed by atoms with van der Waals surface area (Å²) in [5, 5.41) is 16.4. The van der Waals surface area contributed by atoms with E-state index < -0.39 is 0 Å². The highest BCUT2D eigenvalue weighted by Crippen LogP contribution is 1.86. The van der Waals surface area contributed by atoms with Crippen LogP contribution in [0.1, 0.15) is 80.6 Å². The second-order valence-corrected chi connectivity index (χ2v) is 4.94. The molecule has 0 heterocycles. The molecule has 0 saturated heterocycles. The van der Waals surface area contributed by atoms with Crippen molar-refractivity contribution in [1.82, 2.24) is 0 Å². The third kappa shape index (κ3) is 95.7. The molecular weight excluding hydrogens is 284 g/mol. The van der Waals surface area contributed by atoms with Gasteiger partial charge in [0.05, 0.1) is 12.7 Å². The number of ether oxygens (including phenoxy) is 1. The number of aliphatic hydroxyl groups is 2. The second-order valence-electron chi connectivity index (χ2n) is 4.94. The van der Waals surface area contributed by atoms with Gasteiger partial charge in [0.15, 0.2) is 0 Å². The lowest BCUT2D eigenvalue weighted by molar-refractivity contribution is -0.141. The lowest BCUT2D eigenvalue weighted by atomic mass is 10.3. The Labute approximate surface area is 137 Å². The fourth-order valence-corrected chi connectivity index (χ4v) is 0.518. The highest BCUT2D eigenvalue weighted by molar-refractivity contribution is 5.72. The molecule has 0 aromatic rings. The van der Waals surface area contributed by atoms with Crippen molar-refractivity contribution >= 4 is 11.8 Å². The molecule has 0 amide bonds. The van der Waals surface area contributed by atoms with Gasteiger partial charge in [-0.25, -0.2) is 0 Å². The van der Waals surface area contributed by atoms with Gasteiger partial charge in [0.1, 0.15) is 5.78 Å². The quantitative estimate of drug-likeness (QED) is 0.577. The van der Waals surface area contributed by atoms with Crippen LogP contribution in [0.25, 0.3) is 0 Å². The Hall–Kier alpha value is -0.940. The summed E-state index contributed by atoms with van der Waals surface area (Å²) >= 11 is 0. The summed E-state index contributed by atoms with van der Waals surface area (Å²) in [7, 11) is 0. The summed E-state index contributed by atoms with van der Waals surface area (Å²) in [5.74, 6) is -0.0153. The van der Waals surface area contributed by atoms with Crippen molar-refractivity contribution in [2.24, 2.45) is 0 Å². The molecule has 0 aliphatic heterocycles. The molecule has 1 unspecified atom stereocenters. The van der Waals surface area contributed by atoms with Gasteiger partial charge in [0.25, 0.3) is 0 Å². The molecule has 0 fully saturated rings. The van der Waals surface area contributed by atoms with Gasteiger partial charge >= 0.3 is 5.97 Å². The molecule has 0 aliphatic carbocycles. The third-order valence-electron chi connectivity index (χ3n) is 1.91. The summed E-state index contributed by atoms with van der Waals surface area (Å²) in [6, 6.07) is 0. The molecule has 0 aliphatic rings. The van der Waals surface area contributed by atoms with Crippen LogP contribution in [0.15, 0.2) is 0 Å². The van der Waals surface area contributed by atoms with Gasteiger partial charge in [-0.1, -0.05) is 33.6 Å². The Bertz CT molecular complexity index is 209. The van der Waals surface area contributed by atoms with E-state index >= 15 is 0 Å². The average molecular weight is 322 g/mol. The molecule has 5 nitrogen and oxygen atoms in total. The minimum absolute atomic E-state index is 0.116. The Kier molecular flexibility index (Phi) is 37.4. The van der Waals surface area contributed by atoms with Crippen LogP contribution in [0.4, 0.5) is 0 Å². The number of ketones is 1. The molecule has 2 N–H and O–H groups in total. The van der Waals surface area contributed by atoms with Gasteiger partial charge < -0.3 is 19.7 Å². The largest absolute Gasteiger partial charge is 0.466 e. The van der Waals surface area contributed by atoms with Crippen molar-refractivity contribution in [2.45, 2.75) is 86.7 Å². The first kappa shape index (κ1) is 29.1. The van der Waals surface area contributed by atoms with Gasteiger partial charge in [-0.05, 0) is 40.0 Å². The Morgan fingerprint density at radius 2 is 1.36 bits per heavy atom. The number of hydrogen-bond donors (Lipinski definition) is 2. The predicted octanol–water partition coefficient (Wildman–Crippen LogP) is 3.50. The zero-order chi connectivity index (χ0) is 18.4. The normalized spacial score (nSPS) is 9.68. The van der Waals surface area contributed by atoms with Crippen molar-refractivity contribution in [3.8, 4) is 0 Å². The minimum atomic E-state index is -0.182. The van der Waals surface area contributed by atoms with Crippen LogP contribution in [0.5, 0.6) is 0 Å². The van der Waals surface area contributed by atoms with E-state index in [2.05, 4.69) is 18.6 Å². The third-order valence-corrected chi connectivity index (χ3v) is 1.91. The summed E-state index contributed by atoms with van der Waals surface area (Å²) < 4.78 is 4.64. The predicted molar refractivity (Wildman–Crippen MR) is 91.9 cm³/mol. The van der Waals surface area contributed by atoms with Crippen molar-refractivity contribution in [2.75, 3.05) is 13.2 Å². The van der Waals surface area contributed by atoms with Crippen molar-refractivity contribution in [3.05, 3.63) is 0 Å². The number of carbonyl (C=O) groups excluding carboxylic acids is 2. The van der Waals surface area contributed by atoms with Gasteiger partial charge in [0, 0.05) is 13.5 Å². The molecule has 0 aromatic carbocycles. The number of carbonyl (C=O) groups is 2. The molecule has 5 heteroatoms. The fourth-order valence-electron chi connectivity index (χ4n) is 0.518. The van der Waals surface area contributed by atoms with Crippen molar-refractivity contribution in [3.63, 3.8) is 0 Å². The maximum Gasteiger partial charge on any atom is 0.302 e. The Morgan fingerprint density at radius 3 is 1.50 bits per heavy atom. The molecular formula is C17H38O5. The number of rotatable bonds is 6. The van der Waals surface area contributed by atoms with Crippen LogP contribution in [-0.4, -0.2) is 41.3 Å². The first-order chi connectivity index (χ1) is 10.2.